The lowest BCUT2D eigenvalue weighted by Crippen LogP contribution is -2.54. The predicted molar refractivity (Wildman–Crippen MR) is 114 cm³/mol. The van der Waals surface area contributed by atoms with Gasteiger partial charge in [0.2, 0.25) is 5.91 Å². The maximum Gasteiger partial charge on any atom is 0.482 e. The van der Waals surface area contributed by atoms with Crippen molar-refractivity contribution in [2.45, 2.75) is 103 Å². The molecule has 7 nitrogen and oxygen atoms in total. The zero-order valence-corrected chi connectivity index (χ0v) is 19.1. The number of nitrogens with zero attached hydrogens (tertiary/aromatic N) is 1. The summed E-state index contributed by atoms with van der Waals surface area (Å²) in [5.41, 5.74) is 1.96. The van der Waals surface area contributed by atoms with E-state index in [1.807, 2.05) is 32.6 Å². The van der Waals surface area contributed by atoms with Gasteiger partial charge in [-0.05, 0) is 78.2 Å². The van der Waals surface area contributed by atoms with Gasteiger partial charge in [-0.1, -0.05) is 12.5 Å². The molecule has 8 heteroatoms. The smallest absolute Gasteiger partial charge is 0.444 e. The Balaban J connectivity index is 1.43. The first-order valence-corrected chi connectivity index (χ1v) is 11.3. The molecule has 0 spiro atoms. The van der Waals surface area contributed by atoms with Gasteiger partial charge in [0.15, 0.2) is 0 Å². The molecule has 2 amide bonds. The third kappa shape index (κ3) is 3.77. The molecule has 2 aliphatic heterocycles. The second-order valence-corrected chi connectivity index (χ2v) is 10.5. The van der Waals surface area contributed by atoms with Crippen LogP contribution in [0.2, 0.25) is 0 Å². The van der Waals surface area contributed by atoms with E-state index >= 15 is 0 Å². The van der Waals surface area contributed by atoms with Gasteiger partial charge < -0.3 is 24.3 Å². The Morgan fingerprint density at radius 1 is 1.40 bits per heavy atom. The van der Waals surface area contributed by atoms with Crippen LogP contribution in [0.4, 0.5) is 4.79 Å². The Morgan fingerprint density at radius 3 is 2.77 bits per heavy atom. The third-order valence-electron chi connectivity index (χ3n) is 7.06. The first kappa shape index (κ1) is 21.7. The summed E-state index contributed by atoms with van der Waals surface area (Å²) in [5.74, 6) is 0.415. The number of ether oxygens (including phenoxy) is 1. The highest BCUT2D eigenvalue weighted by molar-refractivity contribution is 6.48. The van der Waals surface area contributed by atoms with Crippen molar-refractivity contribution in [3.63, 3.8) is 0 Å². The Bertz CT molecular complexity index is 763. The van der Waals surface area contributed by atoms with Crippen molar-refractivity contribution < 1.29 is 23.6 Å². The minimum atomic E-state index is -0.613. The van der Waals surface area contributed by atoms with Gasteiger partial charge in [0.25, 0.3) is 0 Å². The maximum atomic E-state index is 13.3. The molecule has 166 valence electrons. The van der Waals surface area contributed by atoms with Crippen molar-refractivity contribution in [2.75, 3.05) is 6.54 Å². The lowest BCUT2D eigenvalue weighted by molar-refractivity contribution is -0.133. The highest BCUT2D eigenvalue weighted by Gasteiger charge is 2.60. The van der Waals surface area contributed by atoms with Crippen LogP contribution in [0.5, 0.6) is 0 Å². The molecule has 0 aromatic heterocycles. The number of carbonyl (C=O) groups excluding carboxylic acids is 2. The van der Waals surface area contributed by atoms with Crippen LogP contribution >= 0.6 is 0 Å². The van der Waals surface area contributed by atoms with E-state index in [1.54, 1.807) is 0 Å². The third-order valence-corrected chi connectivity index (χ3v) is 7.06. The van der Waals surface area contributed by atoms with Crippen molar-refractivity contribution in [1.29, 1.82) is 0 Å². The summed E-state index contributed by atoms with van der Waals surface area (Å²) < 4.78 is 18.2. The standard InChI is InChI=1S/C22H35BN2O5/c1-7-16(24-20(27)28-21(3,4)5)19(26)25-10-8-9-17(25)23-29-18-15-11-14(13(15)2)12-22(18,6)30-23/h14,16-18H,7-12H2,1-6H3,(H,24,27)/t14?,16?,17?,18?,22-/m0/s1. The fourth-order valence-electron chi connectivity index (χ4n) is 5.48. The molecule has 5 rings (SSSR count). The molecule has 0 aromatic carbocycles. The first-order chi connectivity index (χ1) is 14.0. The lowest BCUT2D eigenvalue weighted by Gasteiger charge is -2.49. The number of allylic oxidation sites excluding steroid dienone is 1. The molecule has 2 heterocycles. The topological polar surface area (TPSA) is 77.1 Å². The molecule has 0 aromatic rings. The van der Waals surface area contributed by atoms with Crippen LogP contribution in [0.25, 0.3) is 0 Å². The molecule has 5 aliphatic rings. The molecular weight excluding hydrogens is 383 g/mol. The number of nitrogens with one attached hydrogen (secondary N) is 1. The SMILES string of the molecule is CCC(NC(=O)OC(C)(C)C)C(=O)N1CCCC1B1OC2C3=C(C)C(C3)C[C@]2(C)O1. The average Bonchev–Trinajstić information content (AvgIpc) is 3.26. The number of hydrogen-bond donors (Lipinski definition) is 1. The summed E-state index contributed by atoms with van der Waals surface area (Å²) in [6.07, 6.45) is 3.81. The molecule has 1 saturated carbocycles. The summed E-state index contributed by atoms with van der Waals surface area (Å²) in [6, 6.07) is -0.613. The quantitative estimate of drug-likeness (QED) is 0.561. The van der Waals surface area contributed by atoms with E-state index in [2.05, 4.69) is 19.2 Å². The Hall–Kier alpha value is -1.54. The second kappa shape index (κ2) is 7.55. The normalized spacial score (nSPS) is 33.9. The monoisotopic (exact) mass is 418 g/mol. The lowest BCUT2D eigenvalue weighted by atomic mass is 9.62. The van der Waals surface area contributed by atoms with Crippen LogP contribution < -0.4 is 5.32 Å². The van der Waals surface area contributed by atoms with Gasteiger partial charge in [0.05, 0.1) is 17.6 Å². The fourth-order valence-corrected chi connectivity index (χ4v) is 5.48. The first-order valence-electron chi connectivity index (χ1n) is 11.3. The van der Waals surface area contributed by atoms with Crippen LogP contribution in [0, 0.1) is 5.92 Å². The highest BCUT2D eigenvalue weighted by atomic mass is 16.7. The fraction of sp³-hybridized carbons (Fsp3) is 0.818. The molecule has 3 fully saturated rings. The zero-order chi connectivity index (χ0) is 21.8. The van der Waals surface area contributed by atoms with Crippen molar-refractivity contribution in [1.82, 2.24) is 10.2 Å². The van der Waals surface area contributed by atoms with Crippen LogP contribution in [0.3, 0.4) is 0 Å². The van der Waals surface area contributed by atoms with Gasteiger partial charge in [-0.3, -0.25) is 4.79 Å². The van der Waals surface area contributed by atoms with Crippen LogP contribution in [-0.2, 0) is 18.8 Å². The summed E-state index contributed by atoms with van der Waals surface area (Å²) in [7, 11) is -0.412. The van der Waals surface area contributed by atoms with Gasteiger partial charge >= 0.3 is 13.2 Å². The summed E-state index contributed by atoms with van der Waals surface area (Å²) in [5, 5.41) is 2.75. The van der Waals surface area contributed by atoms with Gasteiger partial charge in [-0.15, -0.1) is 0 Å². The summed E-state index contributed by atoms with van der Waals surface area (Å²) in [4.78, 5) is 27.4. The Kier molecular flexibility index (Phi) is 5.46. The Morgan fingerprint density at radius 2 is 2.13 bits per heavy atom. The molecule has 4 unspecified atom stereocenters. The maximum absolute atomic E-state index is 13.3. The minimum Gasteiger partial charge on any atom is -0.444 e. The molecule has 5 atom stereocenters. The van der Waals surface area contributed by atoms with E-state index in [4.69, 9.17) is 14.0 Å². The van der Waals surface area contributed by atoms with Crippen LogP contribution in [0.1, 0.15) is 73.6 Å². The highest BCUT2D eigenvalue weighted by Crippen LogP contribution is 2.55. The molecular formula is C22H35BN2O5. The Labute approximate surface area is 180 Å². The number of carbonyl (C=O) groups is 2. The van der Waals surface area contributed by atoms with E-state index in [0.29, 0.717) is 18.9 Å². The van der Waals surface area contributed by atoms with E-state index in [-0.39, 0.29) is 23.6 Å². The van der Waals surface area contributed by atoms with Gasteiger partial charge in [-0.2, -0.15) is 0 Å². The van der Waals surface area contributed by atoms with Crippen molar-refractivity contribution in [3.8, 4) is 0 Å². The molecule has 0 radical (unpaired) electrons. The van der Waals surface area contributed by atoms with E-state index in [0.717, 1.165) is 25.7 Å². The van der Waals surface area contributed by atoms with Crippen molar-refractivity contribution in [2.24, 2.45) is 5.92 Å². The molecule has 3 aliphatic carbocycles. The van der Waals surface area contributed by atoms with E-state index in [1.165, 1.54) is 11.1 Å². The zero-order valence-electron chi connectivity index (χ0n) is 19.1. The summed E-state index contributed by atoms with van der Waals surface area (Å²) >= 11 is 0. The predicted octanol–water partition coefficient (Wildman–Crippen LogP) is 3.22. The number of alkyl carbamates (subject to hydrolysis) is 1. The van der Waals surface area contributed by atoms with Gasteiger partial charge in [-0.25, -0.2) is 4.79 Å². The van der Waals surface area contributed by atoms with Gasteiger partial charge in [0, 0.05) is 6.54 Å². The number of amides is 2. The average molecular weight is 418 g/mol. The summed E-state index contributed by atoms with van der Waals surface area (Å²) in [6.45, 7) is 12.3. The van der Waals surface area contributed by atoms with Gasteiger partial charge in [0.1, 0.15) is 11.6 Å². The molecule has 2 saturated heterocycles. The van der Waals surface area contributed by atoms with Crippen molar-refractivity contribution >= 4 is 19.1 Å². The van der Waals surface area contributed by atoms with E-state index < -0.39 is 24.9 Å². The minimum absolute atomic E-state index is 0.00640. The van der Waals surface area contributed by atoms with Crippen LogP contribution in [0.15, 0.2) is 11.1 Å². The number of hydrogen-bond acceptors (Lipinski definition) is 5. The second-order valence-electron chi connectivity index (χ2n) is 10.5. The van der Waals surface area contributed by atoms with E-state index in [9.17, 15) is 9.59 Å². The number of likely N-dealkylation sites (tertiary alicyclic amines) is 1. The molecule has 2 bridgehead atoms. The van der Waals surface area contributed by atoms with Crippen LogP contribution in [-0.4, -0.2) is 59.9 Å². The largest absolute Gasteiger partial charge is 0.482 e. The molecule has 1 N–H and O–H groups in total. The molecule has 30 heavy (non-hydrogen) atoms. The number of rotatable bonds is 4. The van der Waals surface area contributed by atoms with Crippen molar-refractivity contribution in [3.05, 3.63) is 11.1 Å².